The first-order chi connectivity index (χ1) is 9.96. The molecule has 6 heteroatoms. The number of benzene rings is 1. The Kier molecular flexibility index (Phi) is 6.55. The Hall–Kier alpha value is -1.69. The summed E-state index contributed by atoms with van der Waals surface area (Å²) < 4.78 is 10.6. The molecule has 0 heterocycles. The molecule has 0 spiro atoms. The predicted octanol–water partition coefficient (Wildman–Crippen LogP) is 2.80. The van der Waals surface area contributed by atoms with Gasteiger partial charge in [-0.2, -0.15) is 0 Å². The molecule has 0 bridgehead atoms. The molecule has 5 nitrogen and oxygen atoms in total. The van der Waals surface area contributed by atoms with Gasteiger partial charge in [0.25, 0.3) is 5.78 Å². The molecule has 0 amide bonds. The maximum absolute atomic E-state index is 12.5. The largest absolute Gasteiger partial charge is 0.496 e. The van der Waals surface area contributed by atoms with Crippen molar-refractivity contribution >= 4 is 33.5 Å². The Balaban J connectivity index is 3.09. The zero-order chi connectivity index (χ0) is 16.0. The molecule has 0 aliphatic heterocycles. The van der Waals surface area contributed by atoms with Gasteiger partial charge in [-0.1, -0.05) is 22.9 Å². The minimum absolute atomic E-state index is 0.0941. The van der Waals surface area contributed by atoms with E-state index in [-0.39, 0.29) is 18.6 Å². The van der Waals surface area contributed by atoms with E-state index in [1.807, 2.05) is 0 Å². The van der Waals surface area contributed by atoms with Gasteiger partial charge < -0.3 is 9.47 Å². The van der Waals surface area contributed by atoms with E-state index in [4.69, 9.17) is 4.74 Å². The van der Waals surface area contributed by atoms with Crippen molar-refractivity contribution in [2.75, 3.05) is 13.7 Å². The molecule has 0 N–H and O–H groups in total. The van der Waals surface area contributed by atoms with Gasteiger partial charge in [0.2, 0.25) is 0 Å². The Labute approximate surface area is 131 Å². The summed E-state index contributed by atoms with van der Waals surface area (Å²) in [5, 5.41) is 0. The van der Waals surface area contributed by atoms with Crippen LogP contribution in [0.2, 0.25) is 0 Å². The molecule has 0 saturated heterocycles. The first-order valence-corrected chi connectivity index (χ1v) is 7.34. The third-order valence-electron chi connectivity index (χ3n) is 2.95. The number of carbonyl (C=O) groups is 3. The molecule has 21 heavy (non-hydrogen) atoms. The van der Waals surface area contributed by atoms with Gasteiger partial charge in [0.05, 0.1) is 25.2 Å². The highest BCUT2D eigenvalue weighted by atomic mass is 79.9. The Bertz CT molecular complexity index is 553. The van der Waals surface area contributed by atoms with Crippen LogP contribution >= 0.6 is 15.9 Å². The predicted molar refractivity (Wildman–Crippen MR) is 80.4 cm³/mol. The maximum atomic E-state index is 12.5. The first-order valence-electron chi connectivity index (χ1n) is 6.54. The van der Waals surface area contributed by atoms with Gasteiger partial charge in [-0.15, -0.1) is 0 Å². The number of methoxy groups -OCH3 is 1. The van der Waals surface area contributed by atoms with Crippen LogP contribution in [0.5, 0.6) is 5.75 Å². The minimum atomic E-state index is -1.06. The fourth-order valence-corrected chi connectivity index (χ4v) is 2.23. The number of ether oxygens (including phenoxy) is 2. The number of hydrogen-bond acceptors (Lipinski definition) is 5. The van der Waals surface area contributed by atoms with E-state index in [9.17, 15) is 14.4 Å². The highest BCUT2D eigenvalue weighted by Gasteiger charge is 2.33. The van der Waals surface area contributed by atoms with Crippen LogP contribution in [0.1, 0.15) is 30.6 Å². The summed E-state index contributed by atoms with van der Waals surface area (Å²) in [5.41, 5.74) is 0.269. The average Bonchev–Trinajstić information content (AvgIpc) is 2.47. The Morgan fingerprint density at radius 1 is 1.24 bits per heavy atom. The summed E-state index contributed by atoms with van der Waals surface area (Å²) in [5.74, 6) is -2.95. The SMILES string of the molecule is CCOC(=O)C(=O)C(CC)C(=O)c1ccc(Br)cc1OC. The van der Waals surface area contributed by atoms with Gasteiger partial charge in [0.1, 0.15) is 5.75 Å². The second-order valence-corrected chi connectivity index (χ2v) is 5.17. The van der Waals surface area contributed by atoms with Crippen molar-refractivity contribution in [2.24, 2.45) is 5.92 Å². The van der Waals surface area contributed by atoms with Crippen LogP contribution in [-0.2, 0) is 14.3 Å². The van der Waals surface area contributed by atoms with Gasteiger partial charge in [-0.05, 0) is 31.5 Å². The number of Topliss-reactive ketones (excluding diaryl/α,β-unsaturated/α-hetero) is 2. The molecular formula is C15H17BrO5. The summed E-state index contributed by atoms with van der Waals surface area (Å²) in [4.78, 5) is 36.0. The lowest BCUT2D eigenvalue weighted by atomic mass is 9.91. The molecule has 1 atom stereocenters. The van der Waals surface area contributed by atoms with E-state index < -0.39 is 23.5 Å². The summed E-state index contributed by atoms with van der Waals surface area (Å²) in [6.07, 6.45) is 0.218. The van der Waals surface area contributed by atoms with Crippen LogP contribution in [0.15, 0.2) is 22.7 Å². The Morgan fingerprint density at radius 3 is 2.43 bits per heavy atom. The van der Waals surface area contributed by atoms with E-state index in [2.05, 4.69) is 20.7 Å². The molecule has 1 aromatic rings. The number of esters is 1. The molecule has 1 rings (SSSR count). The van der Waals surface area contributed by atoms with Gasteiger partial charge in [-0.3, -0.25) is 9.59 Å². The van der Waals surface area contributed by atoms with E-state index in [0.717, 1.165) is 4.47 Å². The number of ketones is 2. The summed E-state index contributed by atoms with van der Waals surface area (Å²) >= 11 is 3.28. The van der Waals surface area contributed by atoms with Gasteiger partial charge in [0.15, 0.2) is 5.78 Å². The second kappa shape index (κ2) is 7.93. The van der Waals surface area contributed by atoms with E-state index >= 15 is 0 Å². The third-order valence-corrected chi connectivity index (χ3v) is 3.44. The molecular weight excluding hydrogens is 340 g/mol. The Morgan fingerprint density at radius 2 is 1.90 bits per heavy atom. The van der Waals surface area contributed by atoms with Crippen LogP contribution in [0.4, 0.5) is 0 Å². The first kappa shape index (κ1) is 17.4. The van der Waals surface area contributed by atoms with Crippen molar-refractivity contribution < 1.29 is 23.9 Å². The number of carbonyl (C=O) groups excluding carboxylic acids is 3. The summed E-state index contributed by atoms with van der Waals surface area (Å²) in [7, 11) is 1.44. The normalized spacial score (nSPS) is 11.6. The number of rotatable bonds is 7. The molecule has 0 aliphatic carbocycles. The molecule has 0 radical (unpaired) electrons. The van der Waals surface area contributed by atoms with E-state index in [1.54, 1.807) is 32.0 Å². The minimum Gasteiger partial charge on any atom is -0.496 e. The van der Waals surface area contributed by atoms with Gasteiger partial charge in [0, 0.05) is 4.47 Å². The van der Waals surface area contributed by atoms with Gasteiger partial charge in [-0.25, -0.2) is 4.79 Å². The smallest absolute Gasteiger partial charge is 0.375 e. The maximum Gasteiger partial charge on any atom is 0.375 e. The molecule has 0 fully saturated rings. The lowest BCUT2D eigenvalue weighted by molar-refractivity contribution is -0.154. The van der Waals surface area contributed by atoms with Gasteiger partial charge >= 0.3 is 5.97 Å². The molecule has 0 aliphatic rings. The molecule has 0 aromatic heterocycles. The van der Waals surface area contributed by atoms with Crippen LogP contribution in [0, 0.1) is 5.92 Å². The number of hydrogen-bond donors (Lipinski definition) is 0. The lowest BCUT2D eigenvalue weighted by Crippen LogP contribution is -2.31. The fraction of sp³-hybridized carbons (Fsp3) is 0.400. The van der Waals surface area contributed by atoms with Crippen molar-refractivity contribution in [2.45, 2.75) is 20.3 Å². The summed E-state index contributed by atoms with van der Waals surface area (Å²) in [6.45, 7) is 3.37. The molecule has 1 aromatic carbocycles. The quantitative estimate of drug-likeness (QED) is 0.325. The monoisotopic (exact) mass is 356 g/mol. The topological polar surface area (TPSA) is 69.7 Å². The van der Waals surface area contributed by atoms with Crippen LogP contribution in [0.25, 0.3) is 0 Å². The molecule has 1 unspecified atom stereocenters. The third kappa shape index (κ3) is 4.14. The van der Waals surface area contributed by atoms with Crippen LogP contribution in [-0.4, -0.2) is 31.3 Å². The van der Waals surface area contributed by atoms with E-state index in [0.29, 0.717) is 5.75 Å². The van der Waals surface area contributed by atoms with Crippen molar-refractivity contribution in [3.05, 3.63) is 28.2 Å². The number of halogens is 1. The standard InChI is InChI=1S/C15H17BrO5/c1-4-10(14(18)15(19)21-5-2)13(17)11-7-6-9(16)8-12(11)20-3/h6-8,10H,4-5H2,1-3H3. The summed E-state index contributed by atoms with van der Waals surface area (Å²) in [6, 6.07) is 4.87. The van der Waals surface area contributed by atoms with Crippen molar-refractivity contribution in [3.8, 4) is 5.75 Å². The highest BCUT2D eigenvalue weighted by molar-refractivity contribution is 9.10. The fourth-order valence-electron chi connectivity index (χ4n) is 1.89. The molecule has 0 saturated carbocycles. The van der Waals surface area contributed by atoms with Crippen LogP contribution < -0.4 is 4.74 Å². The second-order valence-electron chi connectivity index (χ2n) is 4.25. The highest BCUT2D eigenvalue weighted by Crippen LogP contribution is 2.27. The zero-order valence-electron chi connectivity index (χ0n) is 12.1. The van der Waals surface area contributed by atoms with Crippen molar-refractivity contribution in [1.82, 2.24) is 0 Å². The lowest BCUT2D eigenvalue weighted by Gasteiger charge is -2.14. The molecule has 114 valence electrons. The van der Waals surface area contributed by atoms with Crippen molar-refractivity contribution in [1.29, 1.82) is 0 Å². The van der Waals surface area contributed by atoms with E-state index in [1.165, 1.54) is 7.11 Å². The zero-order valence-corrected chi connectivity index (χ0v) is 13.7. The average molecular weight is 357 g/mol. The van der Waals surface area contributed by atoms with Crippen LogP contribution in [0.3, 0.4) is 0 Å². The van der Waals surface area contributed by atoms with Crippen molar-refractivity contribution in [3.63, 3.8) is 0 Å².